The van der Waals surface area contributed by atoms with Crippen LogP contribution >= 0.6 is 11.3 Å². The van der Waals surface area contributed by atoms with Crippen molar-refractivity contribution in [2.45, 2.75) is 46.0 Å². The summed E-state index contributed by atoms with van der Waals surface area (Å²) in [6.07, 6.45) is 9.33. The average Bonchev–Trinajstić information content (AvgIpc) is 3.40. The Bertz CT molecular complexity index is 1210. The molecule has 0 bridgehead atoms. The third-order valence-corrected chi connectivity index (χ3v) is 7.41. The second kappa shape index (κ2) is 13.1. The zero-order valence-corrected chi connectivity index (χ0v) is 22.8. The number of hydrogen-bond acceptors (Lipinski definition) is 6. The standard InChI is InChI=1S/C29H35N3O4S/c1-6-7-8-9-20(3)23-16-19(2)10-11-24(23)30-27(34)25-18-37-28(31-25)22-12-14-32(15-13-22)29(35)21(4)17-26(33)36-5/h6-11,16,18,21-22H,3,12-15,17H2,1-2,4-5H3,(H,30,34)/b7-6-,9-8-. The Balaban J connectivity index is 1.62. The second-order valence-electron chi connectivity index (χ2n) is 9.27. The maximum Gasteiger partial charge on any atom is 0.306 e. The number of esters is 1. The molecule has 3 rings (SSSR count). The molecule has 8 heteroatoms. The number of thiazole rings is 1. The van der Waals surface area contributed by atoms with Crippen LogP contribution in [0, 0.1) is 12.8 Å². The fourth-order valence-corrected chi connectivity index (χ4v) is 5.22. The fraction of sp³-hybridized carbons (Fsp3) is 0.379. The first-order valence-corrected chi connectivity index (χ1v) is 13.3. The van der Waals surface area contributed by atoms with Gasteiger partial charge in [-0.1, -0.05) is 49.4 Å². The number of carbonyl (C=O) groups is 3. The number of amides is 2. The maximum absolute atomic E-state index is 13.0. The Kier molecular flexibility index (Phi) is 9.97. The van der Waals surface area contributed by atoms with E-state index in [2.05, 4.69) is 21.6 Å². The lowest BCUT2D eigenvalue weighted by Crippen LogP contribution is -2.41. The predicted octanol–water partition coefficient (Wildman–Crippen LogP) is 5.75. The van der Waals surface area contributed by atoms with Gasteiger partial charge in [-0.3, -0.25) is 14.4 Å². The van der Waals surface area contributed by atoms with Crippen molar-refractivity contribution in [3.05, 3.63) is 76.3 Å². The van der Waals surface area contributed by atoms with Gasteiger partial charge in [-0.05, 0) is 44.4 Å². The quantitative estimate of drug-likeness (QED) is 0.335. The average molecular weight is 522 g/mol. The molecule has 37 heavy (non-hydrogen) atoms. The highest BCUT2D eigenvalue weighted by Crippen LogP contribution is 2.32. The molecule has 1 saturated heterocycles. The lowest BCUT2D eigenvalue weighted by Gasteiger charge is -2.32. The largest absolute Gasteiger partial charge is 0.469 e. The Labute approximate surface area is 222 Å². The fourth-order valence-electron chi connectivity index (χ4n) is 4.25. The van der Waals surface area contributed by atoms with Gasteiger partial charge in [-0.15, -0.1) is 11.3 Å². The van der Waals surface area contributed by atoms with Crippen molar-refractivity contribution in [3.8, 4) is 0 Å². The molecule has 196 valence electrons. The van der Waals surface area contributed by atoms with Crippen LogP contribution in [0.3, 0.4) is 0 Å². The van der Waals surface area contributed by atoms with Crippen LogP contribution in [0.1, 0.15) is 65.7 Å². The summed E-state index contributed by atoms with van der Waals surface area (Å²) in [5.41, 5.74) is 3.82. The molecule has 1 aliphatic heterocycles. The van der Waals surface area contributed by atoms with Crippen LogP contribution in [0.4, 0.5) is 5.69 Å². The van der Waals surface area contributed by atoms with Crippen LogP contribution in [-0.2, 0) is 14.3 Å². The minimum atomic E-state index is -0.402. The van der Waals surface area contributed by atoms with Crippen molar-refractivity contribution in [2.24, 2.45) is 5.92 Å². The van der Waals surface area contributed by atoms with E-state index < -0.39 is 5.92 Å². The number of carbonyl (C=O) groups excluding carboxylic acids is 3. The third-order valence-electron chi connectivity index (χ3n) is 6.40. The number of ether oxygens (including phenoxy) is 1. The van der Waals surface area contributed by atoms with Crippen LogP contribution < -0.4 is 5.32 Å². The summed E-state index contributed by atoms with van der Waals surface area (Å²) in [6, 6.07) is 5.85. The van der Waals surface area contributed by atoms with E-state index in [-0.39, 0.29) is 30.1 Å². The van der Waals surface area contributed by atoms with E-state index in [4.69, 9.17) is 0 Å². The first-order valence-electron chi connectivity index (χ1n) is 12.4. The van der Waals surface area contributed by atoms with Crippen molar-refractivity contribution in [1.82, 2.24) is 9.88 Å². The molecule has 1 aliphatic rings. The smallest absolute Gasteiger partial charge is 0.306 e. The van der Waals surface area contributed by atoms with Gasteiger partial charge >= 0.3 is 5.97 Å². The molecule has 0 aliphatic carbocycles. The molecule has 2 amide bonds. The van der Waals surface area contributed by atoms with Crippen LogP contribution in [-0.4, -0.2) is 47.9 Å². The van der Waals surface area contributed by atoms with E-state index in [1.807, 2.05) is 61.3 Å². The highest BCUT2D eigenvalue weighted by atomic mass is 32.1. The summed E-state index contributed by atoms with van der Waals surface area (Å²) in [4.78, 5) is 43.7. The zero-order valence-electron chi connectivity index (χ0n) is 22.0. The molecule has 1 fully saturated rings. The lowest BCUT2D eigenvalue weighted by atomic mass is 9.96. The molecule has 1 N–H and O–H groups in total. The Hall–Kier alpha value is -3.52. The summed E-state index contributed by atoms with van der Waals surface area (Å²) < 4.78 is 4.68. The highest BCUT2D eigenvalue weighted by molar-refractivity contribution is 7.10. The van der Waals surface area contributed by atoms with E-state index in [9.17, 15) is 14.4 Å². The molecule has 1 atom stereocenters. The molecular formula is C29H35N3O4S. The molecule has 1 aromatic heterocycles. The number of methoxy groups -OCH3 is 1. The van der Waals surface area contributed by atoms with E-state index in [1.165, 1.54) is 18.4 Å². The molecule has 0 saturated carbocycles. The van der Waals surface area contributed by atoms with E-state index in [1.54, 1.807) is 12.3 Å². The number of benzene rings is 1. The number of aromatic nitrogens is 1. The number of hydrogen-bond donors (Lipinski definition) is 1. The number of nitrogens with zero attached hydrogens (tertiary/aromatic N) is 2. The maximum atomic E-state index is 13.0. The lowest BCUT2D eigenvalue weighted by molar-refractivity contribution is -0.146. The zero-order chi connectivity index (χ0) is 26.9. The third kappa shape index (κ3) is 7.49. The monoisotopic (exact) mass is 521 g/mol. The predicted molar refractivity (Wildman–Crippen MR) is 149 cm³/mol. The summed E-state index contributed by atoms with van der Waals surface area (Å²) in [5, 5.41) is 5.69. The van der Waals surface area contributed by atoms with Crippen LogP contribution in [0.2, 0.25) is 0 Å². The first kappa shape index (κ1) is 28.1. The van der Waals surface area contributed by atoms with Gasteiger partial charge in [0.15, 0.2) is 0 Å². The van der Waals surface area contributed by atoms with Crippen LogP contribution in [0.5, 0.6) is 0 Å². The van der Waals surface area contributed by atoms with Crippen molar-refractivity contribution in [2.75, 3.05) is 25.5 Å². The number of nitrogens with one attached hydrogen (secondary N) is 1. The van der Waals surface area contributed by atoms with Crippen molar-refractivity contribution >= 4 is 40.4 Å². The minimum absolute atomic E-state index is 0.0286. The normalized spacial score (nSPS) is 15.2. The summed E-state index contributed by atoms with van der Waals surface area (Å²) in [5.74, 6) is -0.879. The number of likely N-dealkylation sites (tertiary alicyclic amines) is 1. The van der Waals surface area contributed by atoms with Gasteiger partial charge in [0, 0.05) is 41.6 Å². The molecule has 1 aromatic carbocycles. The first-order chi connectivity index (χ1) is 17.7. The topological polar surface area (TPSA) is 88.6 Å². The molecule has 0 radical (unpaired) electrons. The summed E-state index contributed by atoms with van der Waals surface area (Å²) in [6.45, 7) is 11.1. The highest BCUT2D eigenvalue weighted by Gasteiger charge is 2.29. The second-order valence-corrected chi connectivity index (χ2v) is 10.2. The Morgan fingerprint density at radius 3 is 2.68 bits per heavy atom. The van der Waals surface area contributed by atoms with E-state index in [0.29, 0.717) is 24.5 Å². The van der Waals surface area contributed by atoms with Gasteiger partial charge in [-0.2, -0.15) is 0 Å². The van der Waals surface area contributed by atoms with E-state index in [0.717, 1.165) is 34.5 Å². The van der Waals surface area contributed by atoms with Gasteiger partial charge in [0.05, 0.1) is 18.5 Å². The molecule has 0 spiro atoms. The molecule has 2 heterocycles. The van der Waals surface area contributed by atoms with Crippen LogP contribution in [0.15, 0.2) is 54.5 Å². The Morgan fingerprint density at radius 2 is 2.00 bits per heavy atom. The Morgan fingerprint density at radius 1 is 1.27 bits per heavy atom. The van der Waals surface area contributed by atoms with E-state index >= 15 is 0 Å². The molecule has 1 unspecified atom stereocenters. The van der Waals surface area contributed by atoms with Crippen molar-refractivity contribution in [3.63, 3.8) is 0 Å². The number of piperidine rings is 1. The van der Waals surface area contributed by atoms with Gasteiger partial charge in [0.25, 0.3) is 5.91 Å². The number of aryl methyl sites for hydroxylation is 1. The van der Waals surface area contributed by atoms with Crippen molar-refractivity contribution in [1.29, 1.82) is 0 Å². The number of allylic oxidation sites excluding steroid dienone is 5. The van der Waals surface area contributed by atoms with Gasteiger partial charge in [-0.25, -0.2) is 4.98 Å². The summed E-state index contributed by atoms with van der Waals surface area (Å²) in [7, 11) is 1.33. The minimum Gasteiger partial charge on any atom is -0.469 e. The molecular weight excluding hydrogens is 486 g/mol. The SMILES string of the molecule is C=C(/C=C\C=C/C)c1cc(C)ccc1NC(=O)c1csc(C2CCN(C(=O)C(C)CC(=O)OC)CC2)n1. The number of anilines is 1. The van der Waals surface area contributed by atoms with Gasteiger partial charge in [0.2, 0.25) is 5.91 Å². The molecule has 2 aromatic rings. The van der Waals surface area contributed by atoms with Crippen molar-refractivity contribution < 1.29 is 19.1 Å². The van der Waals surface area contributed by atoms with Gasteiger partial charge < -0.3 is 15.0 Å². The molecule has 7 nitrogen and oxygen atoms in total. The van der Waals surface area contributed by atoms with Gasteiger partial charge in [0.1, 0.15) is 5.69 Å². The van der Waals surface area contributed by atoms with Crippen LogP contribution in [0.25, 0.3) is 5.57 Å². The summed E-state index contributed by atoms with van der Waals surface area (Å²) >= 11 is 1.48. The number of rotatable bonds is 9.